The van der Waals surface area contributed by atoms with Crippen LogP contribution in [0, 0.1) is 5.82 Å². The van der Waals surface area contributed by atoms with Gasteiger partial charge >= 0.3 is 0 Å². The summed E-state index contributed by atoms with van der Waals surface area (Å²) in [5, 5.41) is 1.67. The first-order valence-corrected chi connectivity index (χ1v) is 9.09. The Morgan fingerprint density at radius 1 is 1.14 bits per heavy atom. The van der Waals surface area contributed by atoms with Crippen LogP contribution in [0.5, 0.6) is 0 Å². The largest absolute Gasteiger partial charge is 0.247 e. The molecule has 0 spiro atoms. The highest BCUT2D eigenvalue weighted by Gasteiger charge is 2.17. The molecule has 0 unspecified atom stereocenters. The van der Waals surface area contributed by atoms with Crippen LogP contribution < -0.4 is 0 Å². The van der Waals surface area contributed by atoms with Crippen molar-refractivity contribution in [2.45, 2.75) is 5.16 Å². The van der Waals surface area contributed by atoms with Crippen LogP contribution in [-0.4, -0.2) is 24.6 Å². The number of hydrogen-bond acceptors (Lipinski definition) is 5. The molecule has 7 heteroatoms. The van der Waals surface area contributed by atoms with Crippen molar-refractivity contribution >= 4 is 21.2 Å². The van der Waals surface area contributed by atoms with Crippen LogP contribution in [0.15, 0.2) is 53.1 Å². The van der Waals surface area contributed by atoms with E-state index in [-0.39, 0.29) is 11.0 Å². The Hall–Kier alpha value is -2.12. The van der Waals surface area contributed by atoms with E-state index < -0.39 is 9.84 Å². The lowest BCUT2D eigenvalue weighted by atomic mass is 10.1. The summed E-state index contributed by atoms with van der Waals surface area (Å²) in [5.74, 6) is -0.362. The zero-order chi connectivity index (χ0) is 15.7. The van der Waals surface area contributed by atoms with E-state index in [2.05, 4.69) is 9.97 Å². The second-order valence-corrected chi connectivity index (χ2v) is 7.53. The number of hydrogen-bond donors (Lipinski definition) is 0. The molecule has 3 rings (SSSR count). The lowest BCUT2D eigenvalue weighted by Gasteiger charge is -2.08. The predicted octanol–water partition coefficient (Wildman–Crippen LogP) is 3.41. The average Bonchev–Trinajstić information content (AvgIpc) is 3.00. The lowest BCUT2D eigenvalue weighted by molar-refractivity contribution is 0.593. The Kier molecular flexibility index (Phi) is 3.76. The van der Waals surface area contributed by atoms with Crippen molar-refractivity contribution in [3.8, 4) is 21.7 Å². The van der Waals surface area contributed by atoms with Gasteiger partial charge in [0.15, 0.2) is 0 Å². The molecule has 0 radical (unpaired) electrons. The van der Waals surface area contributed by atoms with Gasteiger partial charge in [0.05, 0.1) is 5.69 Å². The molecule has 0 fully saturated rings. The van der Waals surface area contributed by atoms with Crippen LogP contribution in [0.4, 0.5) is 4.39 Å². The van der Waals surface area contributed by atoms with Crippen molar-refractivity contribution in [1.29, 1.82) is 0 Å². The molecule has 112 valence electrons. The van der Waals surface area contributed by atoms with Gasteiger partial charge in [0.1, 0.15) is 5.82 Å². The zero-order valence-electron chi connectivity index (χ0n) is 11.5. The highest BCUT2D eigenvalue weighted by atomic mass is 32.2. The SMILES string of the molecule is CS(=O)(=O)c1ncc(-c2cccs2)c(-c2ccc(F)cc2)n1. The minimum absolute atomic E-state index is 0.243. The van der Waals surface area contributed by atoms with E-state index >= 15 is 0 Å². The molecule has 0 aliphatic rings. The summed E-state index contributed by atoms with van der Waals surface area (Å²) in [5.41, 5.74) is 1.82. The molecule has 0 N–H and O–H groups in total. The Morgan fingerprint density at radius 2 is 1.86 bits per heavy atom. The molecule has 4 nitrogen and oxygen atoms in total. The quantitative estimate of drug-likeness (QED) is 0.689. The third kappa shape index (κ3) is 2.90. The summed E-state index contributed by atoms with van der Waals surface area (Å²) < 4.78 is 36.5. The molecule has 0 aliphatic heterocycles. The topological polar surface area (TPSA) is 59.9 Å². The first kappa shape index (κ1) is 14.8. The molecule has 3 aromatic rings. The number of halogens is 1. The minimum atomic E-state index is -3.52. The molecule has 1 aromatic carbocycles. The molecule has 0 amide bonds. The first-order valence-electron chi connectivity index (χ1n) is 6.32. The fourth-order valence-corrected chi connectivity index (χ4v) is 3.22. The maximum absolute atomic E-state index is 13.1. The van der Waals surface area contributed by atoms with E-state index in [1.54, 1.807) is 12.1 Å². The van der Waals surface area contributed by atoms with Crippen molar-refractivity contribution in [2.75, 3.05) is 6.26 Å². The standard InChI is InChI=1S/C15H11FN2O2S2/c1-22(19,20)15-17-9-12(13-3-2-8-21-13)14(18-15)10-4-6-11(16)7-5-10/h2-9H,1H3. The Balaban J connectivity index is 2.25. The van der Waals surface area contributed by atoms with Gasteiger partial charge in [-0.05, 0) is 35.7 Å². The summed E-state index contributed by atoms with van der Waals surface area (Å²) >= 11 is 1.50. The minimum Gasteiger partial charge on any atom is -0.226 e. The van der Waals surface area contributed by atoms with Gasteiger partial charge in [-0.1, -0.05) is 6.07 Å². The number of nitrogens with zero attached hydrogens (tertiary/aromatic N) is 2. The third-order valence-corrected chi connectivity index (χ3v) is 4.77. The van der Waals surface area contributed by atoms with Gasteiger partial charge in [-0.15, -0.1) is 11.3 Å². The maximum atomic E-state index is 13.1. The van der Waals surface area contributed by atoms with Crippen LogP contribution >= 0.6 is 11.3 Å². The van der Waals surface area contributed by atoms with Crippen LogP contribution in [0.1, 0.15) is 0 Å². The van der Waals surface area contributed by atoms with Crippen molar-refractivity contribution in [3.63, 3.8) is 0 Å². The molecule has 2 aromatic heterocycles. The highest BCUT2D eigenvalue weighted by molar-refractivity contribution is 7.90. The summed E-state index contributed by atoms with van der Waals surface area (Å²) in [6.07, 6.45) is 2.55. The Morgan fingerprint density at radius 3 is 2.45 bits per heavy atom. The number of benzene rings is 1. The maximum Gasteiger partial charge on any atom is 0.247 e. The van der Waals surface area contributed by atoms with Crippen LogP contribution in [0.2, 0.25) is 0 Å². The van der Waals surface area contributed by atoms with Crippen molar-refractivity contribution in [2.24, 2.45) is 0 Å². The molecule has 0 bridgehead atoms. The second kappa shape index (κ2) is 5.58. The van der Waals surface area contributed by atoms with E-state index in [1.807, 2.05) is 17.5 Å². The van der Waals surface area contributed by atoms with Gasteiger partial charge in [-0.2, -0.15) is 0 Å². The number of rotatable bonds is 3. The molecule has 2 heterocycles. The predicted molar refractivity (Wildman–Crippen MR) is 83.8 cm³/mol. The van der Waals surface area contributed by atoms with Gasteiger partial charge in [0, 0.05) is 28.5 Å². The molecular formula is C15H11FN2O2S2. The monoisotopic (exact) mass is 334 g/mol. The Labute approximate surface area is 131 Å². The first-order chi connectivity index (χ1) is 10.4. The van der Waals surface area contributed by atoms with Crippen molar-refractivity contribution in [3.05, 3.63) is 53.8 Å². The second-order valence-electron chi connectivity index (χ2n) is 4.67. The smallest absolute Gasteiger partial charge is 0.226 e. The van der Waals surface area contributed by atoms with Gasteiger partial charge in [0.25, 0.3) is 0 Å². The Bertz CT molecular complexity index is 905. The van der Waals surface area contributed by atoms with Crippen LogP contribution in [0.25, 0.3) is 21.7 Å². The molecule has 0 saturated heterocycles. The fraction of sp³-hybridized carbons (Fsp3) is 0.0667. The van der Waals surface area contributed by atoms with E-state index in [1.165, 1.54) is 29.7 Å². The van der Waals surface area contributed by atoms with Crippen molar-refractivity contribution < 1.29 is 12.8 Å². The fourth-order valence-electron chi connectivity index (χ4n) is 1.98. The van der Waals surface area contributed by atoms with E-state index in [0.717, 1.165) is 11.1 Å². The molecule has 0 saturated carbocycles. The lowest BCUT2D eigenvalue weighted by Crippen LogP contribution is -2.05. The third-order valence-electron chi connectivity index (χ3n) is 3.00. The van der Waals surface area contributed by atoms with Crippen molar-refractivity contribution in [1.82, 2.24) is 9.97 Å². The molecule has 0 atom stereocenters. The van der Waals surface area contributed by atoms with Gasteiger partial charge in [-0.3, -0.25) is 0 Å². The van der Waals surface area contributed by atoms with E-state index in [4.69, 9.17) is 0 Å². The molecule has 22 heavy (non-hydrogen) atoms. The average molecular weight is 334 g/mol. The van der Waals surface area contributed by atoms with Gasteiger partial charge in [-0.25, -0.2) is 22.8 Å². The number of aromatic nitrogens is 2. The molecule has 0 aliphatic carbocycles. The van der Waals surface area contributed by atoms with Gasteiger partial charge < -0.3 is 0 Å². The summed E-state index contributed by atoms with van der Waals surface area (Å²) in [4.78, 5) is 9.04. The van der Waals surface area contributed by atoms with E-state index in [9.17, 15) is 12.8 Å². The zero-order valence-corrected chi connectivity index (χ0v) is 13.2. The number of thiophene rings is 1. The van der Waals surface area contributed by atoms with Crippen LogP contribution in [0.3, 0.4) is 0 Å². The summed E-state index contributed by atoms with van der Waals surface area (Å²) in [7, 11) is -3.52. The number of sulfone groups is 1. The van der Waals surface area contributed by atoms with Crippen LogP contribution in [-0.2, 0) is 9.84 Å². The molecular weight excluding hydrogens is 323 g/mol. The normalized spacial score (nSPS) is 11.5. The van der Waals surface area contributed by atoms with E-state index in [0.29, 0.717) is 16.8 Å². The highest BCUT2D eigenvalue weighted by Crippen LogP contribution is 2.33. The summed E-state index contributed by atoms with van der Waals surface area (Å²) in [6, 6.07) is 9.56. The van der Waals surface area contributed by atoms with Gasteiger partial charge in [0.2, 0.25) is 15.0 Å². The summed E-state index contributed by atoms with van der Waals surface area (Å²) in [6.45, 7) is 0.